The van der Waals surface area contributed by atoms with E-state index in [0.29, 0.717) is 0 Å². The van der Waals surface area contributed by atoms with Crippen molar-refractivity contribution in [2.75, 3.05) is 25.4 Å². The number of thioether (sulfide) groups is 1. The fourth-order valence-corrected chi connectivity index (χ4v) is 3.56. The van der Waals surface area contributed by atoms with Crippen molar-refractivity contribution in [1.82, 2.24) is 9.80 Å². The molecule has 1 aromatic rings. The molecule has 20 heavy (non-hydrogen) atoms. The molecule has 2 rings (SSSR count). The molecule has 110 valence electrons. The smallest absolute Gasteiger partial charge is 0.320 e. The van der Waals surface area contributed by atoms with Gasteiger partial charge in [-0.15, -0.1) is 11.8 Å². The molecular weight excluding hydrogens is 268 g/mol. The van der Waals surface area contributed by atoms with Gasteiger partial charge in [-0.05, 0) is 24.5 Å². The van der Waals surface area contributed by atoms with E-state index in [4.69, 9.17) is 0 Å². The fraction of sp³-hybridized carbons (Fsp3) is 0.562. The highest BCUT2D eigenvalue weighted by atomic mass is 32.2. The van der Waals surface area contributed by atoms with Crippen molar-refractivity contribution in [2.24, 2.45) is 0 Å². The van der Waals surface area contributed by atoms with Gasteiger partial charge in [0.25, 0.3) is 0 Å². The Morgan fingerprint density at radius 3 is 2.65 bits per heavy atom. The first-order valence-corrected chi connectivity index (χ1v) is 8.49. The standard InChI is InChI=1S/C16H24N2OS/c1-3-9-17(10-4-2)16(19)18-11-12-20-15-8-6-5-7-14(15)13-18/h5-8H,3-4,9-13H2,1-2H3. The number of urea groups is 1. The second kappa shape index (κ2) is 7.58. The van der Waals surface area contributed by atoms with Crippen LogP contribution in [-0.4, -0.2) is 41.2 Å². The second-order valence-electron chi connectivity index (χ2n) is 5.15. The van der Waals surface area contributed by atoms with Gasteiger partial charge in [-0.3, -0.25) is 0 Å². The number of hydrogen-bond donors (Lipinski definition) is 0. The molecule has 3 nitrogen and oxygen atoms in total. The van der Waals surface area contributed by atoms with Crippen LogP contribution >= 0.6 is 11.8 Å². The maximum Gasteiger partial charge on any atom is 0.320 e. The number of hydrogen-bond acceptors (Lipinski definition) is 2. The summed E-state index contributed by atoms with van der Waals surface area (Å²) >= 11 is 1.86. The van der Waals surface area contributed by atoms with E-state index in [1.54, 1.807) is 0 Å². The van der Waals surface area contributed by atoms with Crippen LogP contribution in [0.15, 0.2) is 29.2 Å². The molecule has 0 aliphatic carbocycles. The molecule has 1 aromatic carbocycles. The summed E-state index contributed by atoms with van der Waals surface area (Å²) in [5.41, 5.74) is 1.27. The summed E-state index contributed by atoms with van der Waals surface area (Å²) in [7, 11) is 0. The first kappa shape index (κ1) is 15.2. The van der Waals surface area contributed by atoms with Crippen molar-refractivity contribution in [2.45, 2.75) is 38.1 Å². The van der Waals surface area contributed by atoms with Crippen molar-refractivity contribution in [3.63, 3.8) is 0 Å². The maximum absolute atomic E-state index is 12.7. The van der Waals surface area contributed by atoms with Gasteiger partial charge < -0.3 is 9.80 Å². The highest BCUT2D eigenvalue weighted by Crippen LogP contribution is 2.27. The van der Waals surface area contributed by atoms with Gasteiger partial charge in [0, 0.05) is 36.8 Å². The molecule has 0 bridgehead atoms. The Bertz CT molecular complexity index is 444. The zero-order chi connectivity index (χ0) is 14.4. The summed E-state index contributed by atoms with van der Waals surface area (Å²) in [5, 5.41) is 0. The molecule has 1 aliphatic heterocycles. The number of amides is 2. The molecule has 0 aromatic heterocycles. The number of carbonyl (C=O) groups is 1. The molecule has 0 saturated heterocycles. The summed E-state index contributed by atoms with van der Waals surface area (Å²) < 4.78 is 0. The lowest BCUT2D eigenvalue weighted by Gasteiger charge is -2.29. The average Bonchev–Trinajstić information content (AvgIpc) is 2.68. The van der Waals surface area contributed by atoms with Crippen LogP contribution in [0.4, 0.5) is 4.79 Å². The Kier molecular flexibility index (Phi) is 5.77. The van der Waals surface area contributed by atoms with Crippen molar-refractivity contribution in [1.29, 1.82) is 0 Å². The molecule has 4 heteroatoms. The first-order valence-electron chi connectivity index (χ1n) is 7.50. The number of nitrogens with zero attached hydrogens (tertiary/aromatic N) is 2. The van der Waals surface area contributed by atoms with Crippen LogP contribution in [0, 0.1) is 0 Å². The zero-order valence-electron chi connectivity index (χ0n) is 12.5. The predicted octanol–water partition coefficient (Wildman–Crippen LogP) is 3.84. The van der Waals surface area contributed by atoms with Crippen molar-refractivity contribution >= 4 is 17.8 Å². The van der Waals surface area contributed by atoms with Crippen molar-refractivity contribution in [3.8, 4) is 0 Å². The van der Waals surface area contributed by atoms with Gasteiger partial charge in [0.1, 0.15) is 0 Å². The number of carbonyl (C=O) groups excluding carboxylic acids is 1. The van der Waals surface area contributed by atoms with Crippen LogP contribution in [0.25, 0.3) is 0 Å². The van der Waals surface area contributed by atoms with Gasteiger partial charge in [-0.25, -0.2) is 4.79 Å². The molecule has 0 N–H and O–H groups in total. The van der Waals surface area contributed by atoms with Gasteiger partial charge in [0.15, 0.2) is 0 Å². The lowest BCUT2D eigenvalue weighted by Crippen LogP contribution is -2.44. The molecule has 0 atom stereocenters. The van der Waals surface area contributed by atoms with E-state index < -0.39 is 0 Å². The third-order valence-corrected chi connectivity index (χ3v) is 4.58. The van der Waals surface area contributed by atoms with E-state index in [1.165, 1.54) is 10.5 Å². The number of fused-ring (bicyclic) bond motifs is 1. The Morgan fingerprint density at radius 1 is 1.25 bits per heavy atom. The lowest BCUT2D eigenvalue weighted by molar-refractivity contribution is 0.153. The SMILES string of the molecule is CCCN(CCC)C(=O)N1CCSc2ccccc2C1. The third kappa shape index (κ3) is 3.69. The second-order valence-corrected chi connectivity index (χ2v) is 6.28. The highest BCUT2D eigenvalue weighted by Gasteiger charge is 2.22. The molecule has 1 aliphatic rings. The lowest BCUT2D eigenvalue weighted by atomic mass is 10.2. The average molecular weight is 292 g/mol. The van der Waals surface area contributed by atoms with E-state index in [1.807, 2.05) is 21.6 Å². The van der Waals surface area contributed by atoms with Crippen LogP contribution in [0.3, 0.4) is 0 Å². The third-order valence-electron chi connectivity index (χ3n) is 3.48. The molecule has 0 fully saturated rings. The summed E-state index contributed by atoms with van der Waals surface area (Å²) in [4.78, 5) is 18.0. The quantitative estimate of drug-likeness (QED) is 0.842. The van der Waals surface area contributed by atoms with Gasteiger partial charge in [-0.1, -0.05) is 32.0 Å². The first-order chi connectivity index (χ1) is 9.76. The van der Waals surface area contributed by atoms with Crippen LogP contribution in [-0.2, 0) is 6.54 Å². The van der Waals surface area contributed by atoms with Crippen LogP contribution < -0.4 is 0 Å². The maximum atomic E-state index is 12.7. The topological polar surface area (TPSA) is 23.6 Å². The normalized spacial score (nSPS) is 14.6. The van der Waals surface area contributed by atoms with Gasteiger partial charge in [-0.2, -0.15) is 0 Å². The molecule has 0 radical (unpaired) electrons. The Morgan fingerprint density at radius 2 is 1.95 bits per heavy atom. The van der Waals surface area contributed by atoms with Crippen molar-refractivity contribution in [3.05, 3.63) is 29.8 Å². The van der Waals surface area contributed by atoms with Crippen LogP contribution in [0.2, 0.25) is 0 Å². The van der Waals surface area contributed by atoms with Gasteiger partial charge in [0.05, 0.1) is 0 Å². The van der Waals surface area contributed by atoms with Crippen LogP contribution in [0.5, 0.6) is 0 Å². The molecular formula is C16H24N2OS. The summed E-state index contributed by atoms with van der Waals surface area (Å²) in [6.45, 7) is 7.55. The van der Waals surface area contributed by atoms with E-state index in [0.717, 1.165) is 44.8 Å². The Balaban J connectivity index is 2.10. The predicted molar refractivity (Wildman–Crippen MR) is 85.1 cm³/mol. The van der Waals surface area contributed by atoms with E-state index in [9.17, 15) is 4.79 Å². The highest BCUT2D eigenvalue weighted by molar-refractivity contribution is 7.99. The Labute approximate surface area is 126 Å². The van der Waals surface area contributed by atoms with Gasteiger partial charge in [0.2, 0.25) is 0 Å². The minimum Gasteiger partial charge on any atom is -0.325 e. The largest absolute Gasteiger partial charge is 0.325 e. The Hall–Kier alpha value is -1.16. The number of benzene rings is 1. The molecule has 1 heterocycles. The molecule has 0 saturated carbocycles. The fourth-order valence-electron chi connectivity index (χ4n) is 2.53. The zero-order valence-corrected chi connectivity index (χ0v) is 13.3. The van der Waals surface area contributed by atoms with E-state index in [-0.39, 0.29) is 6.03 Å². The molecule has 0 spiro atoms. The minimum atomic E-state index is 0.200. The minimum absolute atomic E-state index is 0.200. The molecule has 2 amide bonds. The molecule has 0 unspecified atom stereocenters. The van der Waals surface area contributed by atoms with Crippen molar-refractivity contribution < 1.29 is 4.79 Å². The summed E-state index contributed by atoms with van der Waals surface area (Å²) in [6, 6.07) is 8.63. The summed E-state index contributed by atoms with van der Waals surface area (Å²) in [6.07, 6.45) is 2.04. The van der Waals surface area contributed by atoms with E-state index >= 15 is 0 Å². The number of rotatable bonds is 4. The van der Waals surface area contributed by atoms with E-state index in [2.05, 4.69) is 38.1 Å². The monoisotopic (exact) mass is 292 g/mol. The van der Waals surface area contributed by atoms with Gasteiger partial charge >= 0.3 is 6.03 Å². The van der Waals surface area contributed by atoms with Crippen LogP contribution in [0.1, 0.15) is 32.3 Å². The summed E-state index contributed by atoms with van der Waals surface area (Å²) in [5.74, 6) is 0.981.